The van der Waals surface area contributed by atoms with Crippen molar-refractivity contribution in [2.24, 2.45) is 0 Å². The molecule has 0 fully saturated rings. The van der Waals surface area contributed by atoms with Gasteiger partial charge in [-0.2, -0.15) is 4.90 Å². The number of anilines is 1. The van der Waals surface area contributed by atoms with E-state index in [-0.39, 0.29) is 4.90 Å². The van der Waals surface area contributed by atoms with Crippen molar-refractivity contribution in [3.05, 3.63) is 22.2 Å². The van der Waals surface area contributed by atoms with Gasteiger partial charge in [0.15, 0.2) is 11.5 Å². The lowest BCUT2D eigenvalue weighted by atomic mass is 10.0. The second kappa shape index (κ2) is 8.96. The molecule has 2 amide bonds. The van der Waals surface area contributed by atoms with E-state index >= 15 is 4.39 Å². The average Bonchev–Trinajstić information content (AvgIpc) is 2.53. The molecule has 1 rings (SSSR count). The third-order valence-corrected chi connectivity index (χ3v) is 3.75. The number of aromatic nitrogens is 1. The number of halogens is 2. The Balaban J connectivity index is 3.93. The van der Waals surface area contributed by atoms with Crippen LogP contribution in [0.5, 0.6) is 0 Å². The fourth-order valence-electron chi connectivity index (χ4n) is 2.24. The summed E-state index contributed by atoms with van der Waals surface area (Å²) in [4.78, 5) is 41.9. The molecule has 0 bridgehead atoms. The molecule has 0 aliphatic heterocycles. The van der Waals surface area contributed by atoms with Gasteiger partial charge in [0, 0.05) is 0 Å². The third-order valence-electron chi connectivity index (χ3n) is 3.39. The summed E-state index contributed by atoms with van der Waals surface area (Å²) in [5, 5.41) is 9.65. The molecule has 1 aromatic heterocycles. The number of rotatable bonds is 3. The van der Waals surface area contributed by atoms with Crippen LogP contribution in [0.2, 0.25) is 5.02 Å². The lowest BCUT2D eigenvalue weighted by Crippen LogP contribution is -2.45. The van der Waals surface area contributed by atoms with Crippen molar-refractivity contribution < 1.29 is 38.1 Å². The Morgan fingerprint density at radius 2 is 1.39 bits per heavy atom. The zero-order valence-electron chi connectivity index (χ0n) is 19.0. The Kier molecular flexibility index (Phi) is 7.68. The van der Waals surface area contributed by atoms with Crippen LogP contribution in [0.4, 0.5) is 19.7 Å². The quantitative estimate of drug-likeness (QED) is 0.513. The predicted octanol–water partition coefficient (Wildman–Crippen LogP) is 4.56. The van der Waals surface area contributed by atoms with Crippen LogP contribution in [-0.2, 0) is 19.8 Å². The number of pyridine rings is 1. The van der Waals surface area contributed by atoms with Crippen molar-refractivity contribution in [3.63, 3.8) is 0 Å². The van der Waals surface area contributed by atoms with Gasteiger partial charge in [-0.25, -0.2) is 23.8 Å². The Hall–Kier alpha value is -2.46. The first-order valence-electron chi connectivity index (χ1n) is 9.26. The SMILES string of the molecule is COC(=O)c1nc(C(C)(C)O)c(F)c(N(C(=O)OC(C)(C)C)C(=O)OC(C)(C)C)c1Cl. The molecule has 0 saturated heterocycles. The Bertz CT molecular complexity index is 855. The highest BCUT2D eigenvalue weighted by molar-refractivity contribution is 6.37. The molecule has 0 unspecified atom stereocenters. The fraction of sp³-hybridized carbons (Fsp3) is 0.600. The predicted molar refractivity (Wildman–Crippen MR) is 111 cm³/mol. The maximum absolute atomic E-state index is 15.5. The van der Waals surface area contributed by atoms with Gasteiger partial charge in [-0.15, -0.1) is 0 Å². The first kappa shape index (κ1) is 26.6. The van der Waals surface area contributed by atoms with Crippen LogP contribution in [-0.4, -0.2) is 46.6 Å². The highest BCUT2D eigenvalue weighted by Gasteiger charge is 2.40. The van der Waals surface area contributed by atoms with Crippen molar-refractivity contribution in [1.29, 1.82) is 0 Å². The van der Waals surface area contributed by atoms with Crippen molar-refractivity contribution in [1.82, 2.24) is 4.98 Å². The molecule has 0 radical (unpaired) electrons. The van der Waals surface area contributed by atoms with E-state index in [9.17, 15) is 19.5 Å². The van der Waals surface area contributed by atoms with Crippen LogP contribution < -0.4 is 4.90 Å². The largest absolute Gasteiger partial charge is 0.464 e. The second-order valence-electron chi connectivity index (χ2n) is 9.13. The van der Waals surface area contributed by atoms with Crippen molar-refractivity contribution in [2.75, 3.05) is 12.0 Å². The summed E-state index contributed by atoms with van der Waals surface area (Å²) in [5.41, 5.74) is -6.19. The molecule has 0 aliphatic carbocycles. The van der Waals surface area contributed by atoms with Gasteiger partial charge < -0.3 is 19.3 Å². The summed E-state index contributed by atoms with van der Waals surface area (Å²) in [7, 11) is 1.03. The summed E-state index contributed by atoms with van der Waals surface area (Å²) in [6.45, 7) is 11.6. The standard InChI is InChI=1S/C20H28ClFN2O7/c1-18(2,3)30-16(26)24(17(27)31-19(4,5)6)13-10(21)12(15(25)29-9)23-14(11(13)22)20(7,8)28/h28H,1-9H3. The van der Waals surface area contributed by atoms with Crippen molar-refractivity contribution in [3.8, 4) is 0 Å². The molecule has 31 heavy (non-hydrogen) atoms. The zero-order chi connectivity index (χ0) is 24.5. The van der Waals surface area contributed by atoms with Crippen LogP contribution in [0.25, 0.3) is 0 Å². The third kappa shape index (κ3) is 6.76. The van der Waals surface area contributed by atoms with E-state index in [2.05, 4.69) is 9.72 Å². The molecule has 174 valence electrons. The van der Waals surface area contributed by atoms with E-state index in [0.717, 1.165) is 7.11 Å². The highest BCUT2D eigenvalue weighted by atomic mass is 35.5. The summed E-state index contributed by atoms with van der Waals surface area (Å²) >= 11 is 6.19. The first-order valence-corrected chi connectivity index (χ1v) is 9.64. The molecule has 11 heteroatoms. The van der Waals surface area contributed by atoms with Gasteiger partial charge in [-0.3, -0.25) is 0 Å². The number of amides is 2. The van der Waals surface area contributed by atoms with Crippen molar-refractivity contribution in [2.45, 2.75) is 72.2 Å². The number of carbonyl (C=O) groups is 3. The molecular weight excluding hydrogens is 435 g/mol. The van der Waals surface area contributed by atoms with Crippen LogP contribution in [0.1, 0.15) is 71.6 Å². The molecule has 0 atom stereocenters. The smallest absolute Gasteiger partial charge is 0.424 e. The number of carbonyl (C=O) groups excluding carboxylic acids is 3. The van der Waals surface area contributed by atoms with Crippen molar-refractivity contribution >= 4 is 35.4 Å². The van der Waals surface area contributed by atoms with Gasteiger partial charge in [-0.1, -0.05) is 11.6 Å². The summed E-state index contributed by atoms with van der Waals surface area (Å²) in [6.07, 6.45) is -2.63. The summed E-state index contributed by atoms with van der Waals surface area (Å²) < 4.78 is 30.5. The maximum atomic E-state index is 15.5. The minimum absolute atomic E-state index is 0.220. The van der Waals surface area contributed by atoms with E-state index in [1.807, 2.05) is 0 Å². The molecule has 1 aromatic rings. The molecule has 0 aromatic carbocycles. The normalized spacial score (nSPS) is 12.3. The van der Waals surface area contributed by atoms with E-state index in [4.69, 9.17) is 21.1 Å². The number of hydrogen-bond donors (Lipinski definition) is 1. The molecule has 1 N–H and O–H groups in total. The van der Waals surface area contributed by atoms with Gasteiger partial charge >= 0.3 is 18.2 Å². The van der Waals surface area contributed by atoms with Gasteiger partial charge in [0.05, 0.1) is 7.11 Å². The van der Waals surface area contributed by atoms with E-state index in [1.165, 1.54) is 55.4 Å². The van der Waals surface area contributed by atoms with E-state index in [0.29, 0.717) is 0 Å². The molecule has 9 nitrogen and oxygen atoms in total. The number of aliphatic hydroxyl groups is 1. The molecule has 1 heterocycles. The fourth-order valence-corrected chi connectivity index (χ4v) is 2.52. The molecule has 0 saturated carbocycles. The molecule has 0 aliphatic rings. The number of imide groups is 1. The Labute approximate surface area is 185 Å². The lowest BCUT2D eigenvalue weighted by Gasteiger charge is -2.30. The number of esters is 1. The summed E-state index contributed by atoms with van der Waals surface area (Å²) in [6, 6.07) is 0. The van der Waals surface area contributed by atoms with Crippen LogP contribution in [0, 0.1) is 5.82 Å². The van der Waals surface area contributed by atoms with Crippen LogP contribution >= 0.6 is 11.6 Å². The molecule has 0 spiro atoms. The van der Waals surface area contributed by atoms with Gasteiger partial charge in [0.1, 0.15) is 33.2 Å². The van der Waals surface area contributed by atoms with E-state index < -0.39 is 62.9 Å². The van der Waals surface area contributed by atoms with Crippen LogP contribution in [0.15, 0.2) is 0 Å². The Morgan fingerprint density at radius 3 is 1.71 bits per heavy atom. The van der Waals surface area contributed by atoms with E-state index in [1.54, 1.807) is 0 Å². The second-order valence-corrected chi connectivity index (χ2v) is 9.51. The number of ether oxygens (including phenoxy) is 3. The van der Waals surface area contributed by atoms with Gasteiger partial charge in [0.2, 0.25) is 0 Å². The van der Waals surface area contributed by atoms with Gasteiger partial charge in [0.25, 0.3) is 0 Å². The minimum Gasteiger partial charge on any atom is -0.464 e. The molecular formula is C20H28ClFN2O7. The average molecular weight is 463 g/mol. The number of hydrogen-bond acceptors (Lipinski definition) is 8. The van der Waals surface area contributed by atoms with Crippen LogP contribution in [0.3, 0.4) is 0 Å². The maximum Gasteiger partial charge on any atom is 0.424 e. The lowest BCUT2D eigenvalue weighted by molar-refractivity contribution is 0.0421. The Morgan fingerprint density at radius 1 is 0.968 bits per heavy atom. The number of methoxy groups -OCH3 is 1. The topological polar surface area (TPSA) is 115 Å². The highest BCUT2D eigenvalue weighted by Crippen LogP contribution is 2.38. The number of nitrogens with zero attached hydrogens (tertiary/aromatic N) is 2. The first-order chi connectivity index (χ1) is 13.8. The van der Waals surface area contributed by atoms with Gasteiger partial charge in [-0.05, 0) is 55.4 Å². The zero-order valence-corrected chi connectivity index (χ0v) is 19.8. The summed E-state index contributed by atoms with van der Waals surface area (Å²) in [5.74, 6) is -2.40. The minimum atomic E-state index is -1.92. The monoisotopic (exact) mass is 462 g/mol.